The van der Waals surface area contributed by atoms with Crippen LogP contribution in [0.2, 0.25) is 0 Å². The fraction of sp³-hybridized carbons (Fsp3) is 0.919. The van der Waals surface area contributed by atoms with E-state index in [0.29, 0.717) is 12.1 Å². The lowest BCUT2D eigenvalue weighted by atomic mass is 9.79. The van der Waals surface area contributed by atoms with E-state index in [1.54, 1.807) is 0 Å². The minimum Gasteiger partial charge on any atom is -0.341 e. The topological polar surface area (TPSA) is 72.5 Å². The van der Waals surface area contributed by atoms with Gasteiger partial charge in [-0.3, -0.25) is 0 Å². The molecule has 2 N–H and O–H groups in total. The molecule has 0 radical (unpaired) electrons. The number of unbranched alkanes of at least 4 members (excludes halogenated alkanes) is 4. The molecular formula is C37H72N8. The van der Waals surface area contributed by atoms with Crippen molar-refractivity contribution in [1.29, 1.82) is 0 Å². The molecular weight excluding hydrogens is 556 g/mol. The molecule has 0 amide bonds. The molecule has 0 unspecified atom stereocenters. The van der Waals surface area contributed by atoms with Gasteiger partial charge in [0.2, 0.25) is 17.8 Å². The van der Waals surface area contributed by atoms with Crippen LogP contribution in [0, 0.1) is 0 Å². The number of piperidine rings is 2. The average Bonchev–Trinajstić information content (AvgIpc) is 2.90. The van der Waals surface area contributed by atoms with Crippen LogP contribution in [-0.2, 0) is 0 Å². The predicted molar refractivity (Wildman–Crippen MR) is 195 cm³/mol. The number of nitrogens with zero attached hydrogens (tertiary/aromatic N) is 6. The molecule has 1 aromatic heterocycles. The highest BCUT2D eigenvalue weighted by atomic mass is 15.4. The van der Waals surface area contributed by atoms with E-state index in [-0.39, 0.29) is 22.2 Å². The fourth-order valence-electron chi connectivity index (χ4n) is 8.28. The van der Waals surface area contributed by atoms with Crippen molar-refractivity contribution in [2.45, 2.75) is 194 Å². The highest BCUT2D eigenvalue weighted by Gasteiger charge is 2.43. The maximum absolute atomic E-state index is 5.49. The van der Waals surface area contributed by atoms with Crippen molar-refractivity contribution in [3.63, 3.8) is 0 Å². The number of hydrogen-bond donors (Lipinski definition) is 2. The van der Waals surface area contributed by atoms with Crippen LogP contribution in [0.4, 0.5) is 17.8 Å². The molecule has 0 atom stereocenters. The Labute approximate surface area is 278 Å². The van der Waals surface area contributed by atoms with Crippen molar-refractivity contribution in [3.05, 3.63) is 0 Å². The van der Waals surface area contributed by atoms with Crippen molar-refractivity contribution in [2.24, 2.45) is 0 Å². The van der Waals surface area contributed by atoms with Gasteiger partial charge in [-0.05, 0) is 107 Å². The van der Waals surface area contributed by atoms with E-state index in [1.807, 2.05) is 0 Å². The minimum atomic E-state index is 0.0449. The lowest BCUT2D eigenvalue weighted by molar-refractivity contribution is 0.157. The highest BCUT2D eigenvalue weighted by Crippen LogP contribution is 2.36. The summed E-state index contributed by atoms with van der Waals surface area (Å²) < 4.78 is 0. The molecule has 0 spiro atoms. The standard InChI is InChI=1S/C37H72N8/c1-13-17-21-43(22-18-14-2)31-38-32(44(23-19-15-3)29-25-34(5,6)41-35(7,8)26-29)40-33(39-31)45(24-20-16-4)30-27-36(9,10)42-37(11,12)28-30/h29-30,41-42H,13-28H2,1-12H3. The molecule has 8 nitrogen and oxygen atoms in total. The monoisotopic (exact) mass is 629 g/mol. The third kappa shape index (κ3) is 11.2. The Balaban J connectivity index is 2.20. The third-order valence-electron chi connectivity index (χ3n) is 9.68. The van der Waals surface area contributed by atoms with E-state index in [0.717, 1.165) is 121 Å². The zero-order valence-electron chi connectivity index (χ0n) is 31.7. The Morgan fingerprint density at radius 3 is 1.09 bits per heavy atom. The first kappa shape index (κ1) is 37.8. The number of aromatic nitrogens is 3. The number of anilines is 3. The summed E-state index contributed by atoms with van der Waals surface area (Å²) in [5, 5.41) is 7.82. The normalized spacial score (nSPS) is 21.1. The summed E-state index contributed by atoms with van der Waals surface area (Å²) in [6, 6.07) is 0.734. The molecule has 3 rings (SSSR count). The molecule has 2 saturated heterocycles. The van der Waals surface area contributed by atoms with Crippen LogP contribution in [0.25, 0.3) is 0 Å². The Bertz CT molecular complexity index is 927. The van der Waals surface area contributed by atoms with E-state index in [2.05, 4.69) is 108 Å². The number of rotatable bonds is 17. The Morgan fingerprint density at radius 1 is 0.489 bits per heavy atom. The van der Waals surface area contributed by atoms with Gasteiger partial charge in [0.05, 0.1) is 0 Å². The molecule has 1 aromatic rings. The molecule has 0 aromatic carbocycles. The number of hydrogen-bond acceptors (Lipinski definition) is 8. The molecule has 3 heterocycles. The van der Waals surface area contributed by atoms with Gasteiger partial charge in [0.1, 0.15) is 0 Å². The smallest absolute Gasteiger partial charge is 0.232 e. The van der Waals surface area contributed by atoms with Crippen LogP contribution in [0.5, 0.6) is 0 Å². The summed E-state index contributed by atoms with van der Waals surface area (Å²) in [6.45, 7) is 31.9. The number of nitrogens with one attached hydrogen (secondary N) is 2. The second-order valence-corrected chi connectivity index (χ2v) is 16.9. The molecule has 2 aliphatic heterocycles. The molecule has 2 aliphatic rings. The van der Waals surface area contributed by atoms with Crippen LogP contribution >= 0.6 is 0 Å². The molecule has 8 heteroatoms. The Hall–Kier alpha value is -1.67. The second-order valence-electron chi connectivity index (χ2n) is 16.9. The quantitative estimate of drug-likeness (QED) is 0.179. The maximum atomic E-state index is 5.49. The Morgan fingerprint density at radius 2 is 0.778 bits per heavy atom. The molecule has 0 saturated carbocycles. The van der Waals surface area contributed by atoms with Gasteiger partial charge in [0.25, 0.3) is 0 Å². The van der Waals surface area contributed by atoms with Crippen LogP contribution in [0.15, 0.2) is 0 Å². The minimum absolute atomic E-state index is 0.0449. The summed E-state index contributed by atoms with van der Waals surface area (Å²) in [5.41, 5.74) is 0.180. The van der Waals surface area contributed by atoms with Gasteiger partial charge in [0, 0.05) is 60.4 Å². The zero-order valence-corrected chi connectivity index (χ0v) is 31.7. The zero-order chi connectivity index (χ0) is 33.5. The van der Waals surface area contributed by atoms with E-state index in [4.69, 9.17) is 15.0 Å². The van der Waals surface area contributed by atoms with Gasteiger partial charge in [-0.15, -0.1) is 0 Å². The predicted octanol–water partition coefficient (Wildman–Crippen LogP) is 8.11. The summed E-state index contributed by atoms with van der Waals surface area (Å²) in [6.07, 6.45) is 13.5. The summed E-state index contributed by atoms with van der Waals surface area (Å²) in [7, 11) is 0. The molecule has 0 bridgehead atoms. The third-order valence-corrected chi connectivity index (χ3v) is 9.68. The van der Waals surface area contributed by atoms with Gasteiger partial charge in [-0.25, -0.2) is 0 Å². The Kier molecular flexibility index (Phi) is 13.4. The van der Waals surface area contributed by atoms with Gasteiger partial charge in [-0.2, -0.15) is 15.0 Å². The van der Waals surface area contributed by atoms with Crippen molar-refractivity contribution >= 4 is 17.8 Å². The van der Waals surface area contributed by atoms with E-state index >= 15 is 0 Å². The van der Waals surface area contributed by atoms with E-state index < -0.39 is 0 Å². The fourth-order valence-corrected chi connectivity index (χ4v) is 8.28. The van der Waals surface area contributed by atoms with Crippen molar-refractivity contribution < 1.29 is 0 Å². The van der Waals surface area contributed by atoms with Gasteiger partial charge in [0.15, 0.2) is 0 Å². The van der Waals surface area contributed by atoms with E-state index in [1.165, 1.54) is 0 Å². The summed E-state index contributed by atoms with van der Waals surface area (Å²) in [4.78, 5) is 23.9. The van der Waals surface area contributed by atoms with Crippen LogP contribution in [0.1, 0.15) is 160 Å². The average molecular weight is 629 g/mol. The van der Waals surface area contributed by atoms with Gasteiger partial charge >= 0.3 is 0 Å². The van der Waals surface area contributed by atoms with E-state index in [9.17, 15) is 0 Å². The first-order valence-corrected chi connectivity index (χ1v) is 18.7. The van der Waals surface area contributed by atoms with Crippen LogP contribution in [0.3, 0.4) is 0 Å². The van der Waals surface area contributed by atoms with Crippen molar-refractivity contribution in [1.82, 2.24) is 25.6 Å². The first-order valence-electron chi connectivity index (χ1n) is 18.7. The summed E-state index contributed by atoms with van der Waals surface area (Å²) in [5.74, 6) is 2.64. The van der Waals surface area contributed by atoms with Crippen LogP contribution < -0.4 is 25.3 Å². The second kappa shape index (κ2) is 16.0. The highest BCUT2D eigenvalue weighted by molar-refractivity contribution is 5.48. The lowest BCUT2D eigenvalue weighted by Gasteiger charge is -2.50. The SMILES string of the molecule is CCCCN(CCCC)c1nc(N(CCCC)C2CC(C)(C)NC(C)(C)C2)nc(N(CCCC)C2CC(C)(C)NC(C)(C)C2)n1. The van der Waals surface area contributed by atoms with Crippen LogP contribution in [-0.4, -0.2) is 75.4 Å². The molecule has 0 aliphatic carbocycles. The first-order chi connectivity index (χ1) is 21.0. The van der Waals surface area contributed by atoms with Crippen molar-refractivity contribution in [3.8, 4) is 0 Å². The maximum Gasteiger partial charge on any atom is 0.232 e. The van der Waals surface area contributed by atoms with Crippen molar-refractivity contribution in [2.75, 3.05) is 40.9 Å². The molecule has 2 fully saturated rings. The van der Waals surface area contributed by atoms with Gasteiger partial charge in [-0.1, -0.05) is 53.4 Å². The summed E-state index contributed by atoms with van der Waals surface area (Å²) >= 11 is 0. The van der Waals surface area contributed by atoms with Gasteiger partial charge < -0.3 is 25.3 Å². The molecule has 45 heavy (non-hydrogen) atoms. The molecule has 260 valence electrons. The lowest BCUT2D eigenvalue weighted by Crippen LogP contribution is -2.63. The largest absolute Gasteiger partial charge is 0.341 e.